The van der Waals surface area contributed by atoms with Gasteiger partial charge in [0.2, 0.25) is 5.95 Å². The van der Waals surface area contributed by atoms with E-state index in [-0.39, 0.29) is 17.4 Å². The molecule has 1 saturated carbocycles. The van der Waals surface area contributed by atoms with Gasteiger partial charge in [0.25, 0.3) is 5.91 Å². The van der Waals surface area contributed by atoms with Crippen LogP contribution in [0.4, 0.5) is 11.8 Å². The smallest absolute Gasteiger partial charge is 0.287 e. The number of hydrogen-bond donors (Lipinski definition) is 3. The van der Waals surface area contributed by atoms with Crippen molar-refractivity contribution in [1.29, 1.82) is 0 Å². The third-order valence-electron chi connectivity index (χ3n) is 8.25. The normalized spacial score (nSPS) is 20.8. The highest BCUT2D eigenvalue weighted by molar-refractivity contribution is 7.99. The second-order valence-corrected chi connectivity index (χ2v) is 13.8. The zero-order valence-corrected chi connectivity index (χ0v) is 26.2. The van der Waals surface area contributed by atoms with Gasteiger partial charge in [0, 0.05) is 37.3 Å². The van der Waals surface area contributed by atoms with E-state index < -0.39 is 0 Å². The first-order valence-electron chi connectivity index (χ1n) is 15.3. The molecule has 0 spiro atoms. The van der Waals surface area contributed by atoms with Gasteiger partial charge >= 0.3 is 0 Å². The van der Waals surface area contributed by atoms with E-state index in [0.29, 0.717) is 30.1 Å². The standard InChI is InChI=1S/C33H45N5O3S/c1-22-10-11-25(33(2,3)4)18-28(22)42-30-13-12-27(41-30)31(39)36-19-23-7-5-8-24(17-23)20-37-32-34-15-14-29(38-32)35-21-26-9-6-16-40-26/h10-15,18,23-24,26H,5-9,16-17,19-21H2,1-4H3,(H,36,39)(H2,34,35,37,38). The summed E-state index contributed by atoms with van der Waals surface area (Å²) in [7, 11) is 0. The fourth-order valence-electron chi connectivity index (χ4n) is 5.68. The van der Waals surface area contributed by atoms with Gasteiger partial charge in [-0.2, -0.15) is 4.98 Å². The molecule has 1 saturated heterocycles. The summed E-state index contributed by atoms with van der Waals surface area (Å²) in [4.78, 5) is 23.1. The number of ether oxygens (including phenoxy) is 1. The molecule has 3 atom stereocenters. The van der Waals surface area contributed by atoms with Gasteiger partial charge in [-0.3, -0.25) is 4.79 Å². The molecular formula is C33H45N5O3S. The summed E-state index contributed by atoms with van der Waals surface area (Å²) in [5.41, 5.74) is 2.55. The Morgan fingerprint density at radius 2 is 1.83 bits per heavy atom. The zero-order valence-electron chi connectivity index (χ0n) is 25.4. The van der Waals surface area contributed by atoms with Crippen molar-refractivity contribution in [3.05, 3.63) is 59.5 Å². The van der Waals surface area contributed by atoms with Crippen molar-refractivity contribution in [2.24, 2.45) is 11.8 Å². The molecule has 2 fully saturated rings. The SMILES string of the molecule is Cc1ccc(C(C)(C)C)cc1Sc1ccc(C(=O)NCC2CCCC(CNc3nccc(NCC4CCCO4)n3)C2)o1. The highest BCUT2D eigenvalue weighted by atomic mass is 32.2. The van der Waals surface area contributed by atoms with E-state index in [9.17, 15) is 4.79 Å². The molecule has 2 aliphatic rings. The molecule has 0 radical (unpaired) electrons. The average molecular weight is 592 g/mol. The maximum Gasteiger partial charge on any atom is 0.287 e. The van der Waals surface area contributed by atoms with Crippen molar-refractivity contribution in [3.8, 4) is 0 Å². The Morgan fingerprint density at radius 3 is 2.62 bits per heavy atom. The van der Waals surface area contributed by atoms with Gasteiger partial charge in [0.1, 0.15) is 5.82 Å². The Kier molecular flexibility index (Phi) is 10.1. The largest absolute Gasteiger partial charge is 0.444 e. The number of amides is 1. The number of nitrogens with zero attached hydrogens (tertiary/aromatic N) is 2. The predicted molar refractivity (Wildman–Crippen MR) is 168 cm³/mol. The van der Waals surface area contributed by atoms with Crippen molar-refractivity contribution < 1.29 is 13.9 Å². The van der Waals surface area contributed by atoms with Crippen LogP contribution >= 0.6 is 11.8 Å². The van der Waals surface area contributed by atoms with E-state index in [1.807, 2.05) is 12.1 Å². The number of rotatable bonds is 11. The van der Waals surface area contributed by atoms with E-state index in [4.69, 9.17) is 9.15 Å². The van der Waals surface area contributed by atoms with Crippen molar-refractivity contribution in [3.63, 3.8) is 0 Å². The molecule has 3 N–H and O–H groups in total. The number of carbonyl (C=O) groups excluding carboxylic acids is 1. The second kappa shape index (κ2) is 14.0. The molecule has 3 aromatic rings. The summed E-state index contributed by atoms with van der Waals surface area (Å²) >= 11 is 1.57. The van der Waals surface area contributed by atoms with Gasteiger partial charge in [-0.15, -0.1) is 0 Å². The molecule has 5 rings (SSSR count). The number of furan rings is 1. The van der Waals surface area contributed by atoms with Crippen LogP contribution in [0.15, 0.2) is 57.0 Å². The van der Waals surface area contributed by atoms with Gasteiger partial charge < -0.3 is 25.1 Å². The number of nitrogens with one attached hydrogen (secondary N) is 3. The number of carbonyl (C=O) groups is 1. The molecule has 8 nitrogen and oxygen atoms in total. The predicted octanol–water partition coefficient (Wildman–Crippen LogP) is 7.07. The van der Waals surface area contributed by atoms with Gasteiger partial charge in [0.15, 0.2) is 10.9 Å². The number of benzene rings is 1. The first kappa shape index (κ1) is 30.4. The second-order valence-electron chi connectivity index (χ2n) is 12.7. The van der Waals surface area contributed by atoms with E-state index in [2.05, 4.69) is 71.8 Å². The summed E-state index contributed by atoms with van der Waals surface area (Å²) in [6, 6.07) is 12.1. The van der Waals surface area contributed by atoms with Crippen LogP contribution in [0.2, 0.25) is 0 Å². The molecule has 1 amide bonds. The third-order valence-corrected chi connectivity index (χ3v) is 9.33. The lowest BCUT2D eigenvalue weighted by atomic mass is 9.81. The summed E-state index contributed by atoms with van der Waals surface area (Å²) in [6.45, 7) is 11.9. The Hall–Kier alpha value is -3.04. The monoisotopic (exact) mass is 591 g/mol. The third kappa shape index (κ3) is 8.51. The molecule has 1 aliphatic carbocycles. The highest BCUT2D eigenvalue weighted by Gasteiger charge is 2.24. The number of hydrogen-bond acceptors (Lipinski definition) is 8. The van der Waals surface area contributed by atoms with Gasteiger partial charge in [-0.25, -0.2) is 4.98 Å². The lowest BCUT2D eigenvalue weighted by Gasteiger charge is -2.29. The summed E-state index contributed by atoms with van der Waals surface area (Å²) in [5, 5.41) is 10.7. The van der Waals surface area contributed by atoms with Crippen molar-refractivity contribution >= 4 is 29.4 Å². The summed E-state index contributed by atoms with van der Waals surface area (Å²) in [6.07, 6.45) is 8.80. The van der Waals surface area contributed by atoms with Gasteiger partial charge in [-0.05, 0) is 91.7 Å². The fraction of sp³-hybridized carbons (Fsp3) is 0.545. The van der Waals surface area contributed by atoms with E-state index in [0.717, 1.165) is 67.6 Å². The van der Waals surface area contributed by atoms with Crippen molar-refractivity contribution in [2.45, 2.75) is 87.7 Å². The van der Waals surface area contributed by atoms with Gasteiger partial charge in [-0.1, -0.05) is 51.1 Å². The van der Waals surface area contributed by atoms with Crippen LogP contribution in [0, 0.1) is 18.8 Å². The lowest BCUT2D eigenvalue weighted by Crippen LogP contribution is -2.33. The first-order valence-corrected chi connectivity index (χ1v) is 16.1. The average Bonchev–Trinajstić information content (AvgIpc) is 3.67. The highest BCUT2D eigenvalue weighted by Crippen LogP contribution is 2.35. The van der Waals surface area contributed by atoms with Crippen LogP contribution in [0.5, 0.6) is 0 Å². The minimum absolute atomic E-state index is 0.0755. The molecule has 1 aromatic carbocycles. The molecule has 1 aliphatic heterocycles. The topological polar surface area (TPSA) is 101 Å². The van der Waals surface area contributed by atoms with Crippen LogP contribution in [-0.2, 0) is 10.2 Å². The quantitative estimate of drug-likeness (QED) is 0.218. The van der Waals surface area contributed by atoms with Crippen LogP contribution in [0.3, 0.4) is 0 Å². The minimum Gasteiger partial charge on any atom is -0.444 e. The van der Waals surface area contributed by atoms with E-state index >= 15 is 0 Å². The molecule has 0 bridgehead atoms. The molecular weight excluding hydrogens is 546 g/mol. The number of anilines is 2. The molecule has 3 heterocycles. The fourth-order valence-corrected chi connectivity index (χ4v) is 6.58. The number of aryl methyl sites for hydroxylation is 1. The molecule has 42 heavy (non-hydrogen) atoms. The van der Waals surface area contributed by atoms with Gasteiger partial charge in [0.05, 0.1) is 6.10 Å². The van der Waals surface area contributed by atoms with Crippen molar-refractivity contribution in [1.82, 2.24) is 15.3 Å². The molecule has 226 valence electrons. The number of aromatic nitrogens is 2. The van der Waals surface area contributed by atoms with Crippen molar-refractivity contribution in [2.75, 3.05) is 36.9 Å². The Morgan fingerprint density at radius 1 is 1.00 bits per heavy atom. The Bertz CT molecular complexity index is 1330. The van der Waals surface area contributed by atoms with E-state index in [1.54, 1.807) is 24.0 Å². The molecule has 9 heteroatoms. The maximum absolute atomic E-state index is 12.9. The molecule has 2 aromatic heterocycles. The van der Waals surface area contributed by atoms with Crippen LogP contribution < -0.4 is 16.0 Å². The van der Waals surface area contributed by atoms with E-state index in [1.165, 1.54) is 17.5 Å². The Labute approximate surface area is 254 Å². The molecule has 3 unspecified atom stereocenters. The maximum atomic E-state index is 12.9. The van der Waals surface area contributed by atoms with Crippen LogP contribution in [-0.4, -0.2) is 48.2 Å². The van der Waals surface area contributed by atoms with Crippen LogP contribution in [0.25, 0.3) is 0 Å². The summed E-state index contributed by atoms with van der Waals surface area (Å²) in [5.74, 6) is 2.65. The van der Waals surface area contributed by atoms with Crippen LogP contribution in [0.1, 0.15) is 81.0 Å². The first-order chi connectivity index (χ1) is 20.2. The zero-order chi connectivity index (χ0) is 29.5. The minimum atomic E-state index is -0.150. The lowest BCUT2D eigenvalue weighted by molar-refractivity contribution is 0.0907. The Balaban J connectivity index is 1.07. The summed E-state index contributed by atoms with van der Waals surface area (Å²) < 4.78 is 11.6.